The van der Waals surface area contributed by atoms with E-state index in [1.807, 2.05) is 13.8 Å². The Hall–Kier alpha value is -0.0800. The van der Waals surface area contributed by atoms with E-state index in [4.69, 9.17) is 0 Å². The number of hydrogen-bond donors (Lipinski definition) is 1. The van der Waals surface area contributed by atoms with Crippen LogP contribution in [0.15, 0.2) is 0 Å². The van der Waals surface area contributed by atoms with E-state index in [1.165, 1.54) is 12.8 Å². The first-order chi connectivity index (χ1) is 6.35. The van der Waals surface area contributed by atoms with E-state index in [0.717, 1.165) is 25.6 Å². The highest BCUT2D eigenvalue weighted by atomic mass is 16.3. The summed E-state index contributed by atoms with van der Waals surface area (Å²) in [6, 6.07) is 0. The van der Waals surface area contributed by atoms with Crippen LogP contribution in [0, 0.1) is 5.92 Å². The van der Waals surface area contributed by atoms with Crippen LogP contribution in [0.1, 0.15) is 47.5 Å². The molecular weight excluding hydrogens is 174 g/mol. The lowest BCUT2D eigenvalue weighted by Crippen LogP contribution is -2.39. The summed E-state index contributed by atoms with van der Waals surface area (Å²) < 4.78 is 0. The molecule has 2 heteroatoms. The van der Waals surface area contributed by atoms with Gasteiger partial charge in [-0.1, -0.05) is 20.8 Å². The van der Waals surface area contributed by atoms with Crippen LogP contribution in [-0.2, 0) is 0 Å². The fourth-order valence-electron chi connectivity index (χ4n) is 1.62. The number of rotatable bonds is 7. The van der Waals surface area contributed by atoms with Crippen LogP contribution in [0.2, 0.25) is 0 Å². The molecule has 0 aromatic heterocycles. The molecule has 0 aliphatic carbocycles. The van der Waals surface area contributed by atoms with Gasteiger partial charge in [0.1, 0.15) is 0 Å². The second-order valence-corrected chi connectivity index (χ2v) is 5.22. The molecular formula is C12H27NO. The predicted molar refractivity (Wildman–Crippen MR) is 62.5 cm³/mol. The Morgan fingerprint density at radius 1 is 1.29 bits per heavy atom. The lowest BCUT2D eigenvalue weighted by atomic mass is 10.1. The summed E-state index contributed by atoms with van der Waals surface area (Å²) >= 11 is 0. The van der Waals surface area contributed by atoms with Crippen LogP contribution in [0.4, 0.5) is 0 Å². The average molecular weight is 201 g/mol. The Labute approximate surface area is 89.3 Å². The van der Waals surface area contributed by atoms with Crippen LogP contribution < -0.4 is 0 Å². The van der Waals surface area contributed by atoms with Gasteiger partial charge in [-0.05, 0) is 45.7 Å². The van der Waals surface area contributed by atoms with Crippen molar-refractivity contribution < 1.29 is 5.11 Å². The van der Waals surface area contributed by atoms with Gasteiger partial charge in [-0.15, -0.1) is 0 Å². The van der Waals surface area contributed by atoms with Crippen molar-refractivity contribution in [3.63, 3.8) is 0 Å². The van der Waals surface area contributed by atoms with Crippen molar-refractivity contribution in [3.05, 3.63) is 0 Å². The van der Waals surface area contributed by atoms with Gasteiger partial charge in [0, 0.05) is 6.54 Å². The molecule has 0 spiro atoms. The third-order valence-corrected chi connectivity index (χ3v) is 2.31. The van der Waals surface area contributed by atoms with Gasteiger partial charge in [0.05, 0.1) is 5.60 Å². The standard InChI is InChI=1S/C12H27NO/c1-6-13(10-12(4,5)14)9-7-8-11(2)3/h11,14H,6-10H2,1-5H3. The third-order valence-electron chi connectivity index (χ3n) is 2.31. The minimum absolute atomic E-state index is 0.562. The molecule has 0 saturated carbocycles. The van der Waals surface area contributed by atoms with E-state index in [-0.39, 0.29) is 0 Å². The van der Waals surface area contributed by atoms with Crippen LogP contribution >= 0.6 is 0 Å². The fourth-order valence-corrected chi connectivity index (χ4v) is 1.62. The molecule has 0 fully saturated rings. The van der Waals surface area contributed by atoms with Crippen molar-refractivity contribution in [3.8, 4) is 0 Å². The molecule has 1 N–H and O–H groups in total. The molecule has 0 amide bonds. The SMILES string of the molecule is CCN(CCCC(C)C)CC(C)(C)O. The summed E-state index contributed by atoms with van der Waals surface area (Å²) in [5.41, 5.74) is -0.562. The van der Waals surface area contributed by atoms with E-state index in [0.29, 0.717) is 0 Å². The molecule has 0 heterocycles. The lowest BCUT2D eigenvalue weighted by Gasteiger charge is -2.28. The maximum absolute atomic E-state index is 9.69. The minimum atomic E-state index is -0.562. The van der Waals surface area contributed by atoms with Crippen LogP contribution in [-0.4, -0.2) is 35.2 Å². The third kappa shape index (κ3) is 8.52. The quantitative estimate of drug-likeness (QED) is 0.684. The summed E-state index contributed by atoms with van der Waals surface area (Å²) in [7, 11) is 0. The van der Waals surface area contributed by atoms with Crippen molar-refractivity contribution in [2.75, 3.05) is 19.6 Å². The Morgan fingerprint density at radius 3 is 2.21 bits per heavy atom. The van der Waals surface area contributed by atoms with Gasteiger partial charge >= 0.3 is 0 Å². The van der Waals surface area contributed by atoms with Crippen molar-refractivity contribution in [1.29, 1.82) is 0 Å². The molecule has 0 radical (unpaired) electrons. The first-order valence-electron chi connectivity index (χ1n) is 5.80. The van der Waals surface area contributed by atoms with E-state index < -0.39 is 5.60 Å². The Balaban J connectivity index is 3.69. The zero-order valence-electron chi connectivity index (χ0n) is 10.5. The number of hydrogen-bond acceptors (Lipinski definition) is 2. The molecule has 2 nitrogen and oxygen atoms in total. The van der Waals surface area contributed by atoms with Gasteiger partial charge in [0.15, 0.2) is 0 Å². The smallest absolute Gasteiger partial charge is 0.0718 e. The first kappa shape index (κ1) is 13.9. The molecule has 0 aliphatic heterocycles. The summed E-state index contributed by atoms with van der Waals surface area (Å²) in [6.45, 7) is 13.3. The minimum Gasteiger partial charge on any atom is -0.389 e. The summed E-state index contributed by atoms with van der Waals surface area (Å²) in [6.07, 6.45) is 2.52. The molecule has 0 rings (SSSR count). The van der Waals surface area contributed by atoms with Gasteiger partial charge in [0.25, 0.3) is 0 Å². The van der Waals surface area contributed by atoms with E-state index >= 15 is 0 Å². The summed E-state index contributed by atoms with van der Waals surface area (Å²) in [4.78, 5) is 2.32. The number of aliphatic hydroxyl groups is 1. The Bertz CT molecular complexity index is 138. The highest BCUT2D eigenvalue weighted by Gasteiger charge is 2.16. The van der Waals surface area contributed by atoms with Crippen molar-refractivity contribution in [1.82, 2.24) is 4.90 Å². The Kier molecular flexibility index (Phi) is 6.38. The first-order valence-corrected chi connectivity index (χ1v) is 5.80. The number of likely N-dealkylation sites (N-methyl/N-ethyl adjacent to an activating group) is 1. The van der Waals surface area contributed by atoms with Crippen molar-refractivity contribution >= 4 is 0 Å². The molecule has 0 atom stereocenters. The largest absolute Gasteiger partial charge is 0.389 e. The lowest BCUT2D eigenvalue weighted by molar-refractivity contribution is 0.0371. The summed E-state index contributed by atoms with van der Waals surface area (Å²) in [5, 5.41) is 9.69. The normalized spacial score (nSPS) is 12.9. The second kappa shape index (κ2) is 6.41. The van der Waals surface area contributed by atoms with Crippen LogP contribution in [0.3, 0.4) is 0 Å². The molecule has 0 unspecified atom stereocenters. The summed E-state index contributed by atoms with van der Waals surface area (Å²) in [5.74, 6) is 0.788. The van der Waals surface area contributed by atoms with Gasteiger partial charge < -0.3 is 10.0 Å². The monoisotopic (exact) mass is 201 g/mol. The molecule has 0 aromatic rings. The topological polar surface area (TPSA) is 23.5 Å². The van der Waals surface area contributed by atoms with Gasteiger partial charge in [-0.25, -0.2) is 0 Å². The zero-order chi connectivity index (χ0) is 11.2. The van der Waals surface area contributed by atoms with Gasteiger partial charge in [0.2, 0.25) is 0 Å². The average Bonchev–Trinajstić information content (AvgIpc) is 1.99. The molecule has 86 valence electrons. The molecule has 14 heavy (non-hydrogen) atoms. The van der Waals surface area contributed by atoms with E-state index in [1.54, 1.807) is 0 Å². The van der Waals surface area contributed by atoms with E-state index in [9.17, 15) is 5.11 Å². The second-order valence-electron chi connectivity index (χ2n) is 5.22. The predicted octanol–water partition coefficient (Wildman–Crippen LogP) is 2.52. The van der Waals surface area contributed by atoms with E-state index in [2.05, 4.69) is 25.7 Å². The zero-order valence-corrected chi connectivity index (χ0v) is 10.5. The van der Waals surface area contributed by atoms with Gasteiger partial charge in [-0.2, -0.15) is 0 Å². The fraction of sp³-hybridized carbons (Fsp3) is 1.00. The van der Waals surface area contributed by atoms with Crippen molar-refractivity contribution in [2.24, 2.45) is 5.92 Å². The maximum Gasteiger partial charge on any atom is 0.0718 e. The molecule has 0 saturated heterocycles. The van der Waals surface area contributed by atoms with Gasteiger partial charge in [-0.3, -0.25) is 0 Å². The Morgan fingerprint density at radius 2 is 1.86 bits per heavy atom. The maximum atomic E-state index is 9.69. The highest BCUT2D eigenvalue weighted by molar-refractivity contribution is 4.71. The highest BCUT2D eigenvalue weighted by Crippen LogP contribution is 2.08. The van der Waals surface area contributed by atoms with Crippen LogP contribution in [0.5, 0.6) is 0 Å². The molecule has 0 aliphatic rings. The van der Waals surface area contributed by atoms with Crippen molar-refractivity contribution in [2.45, 2.75) is 53.1 Å². The van der Waals surface area contributed by atoms with Crippen LogP contribution in [0.25, 0.3) is 0 Å². The molecule has 0 aromatic carbocycles. The molecule has 0 bridgehead atoms. The number of nitrogens with zero attached hydrogens (tertiary/aromatic N) is 1.